The summed E-state index contributed by atoms with van der Waals surface area (Å²) in [4.78, 5) is 18.7. The number of amides is 1. The molecule has 1 N–H and O–H groups in total. The van der Waals surface area contributed by atoms with Crippen molar-refractivity contribution in [1.82, 2.24) is 25.0 Å². The molecule has 0 bridgehead atoms. The highest BCUT2D eigenvalue weighted by Gasteiger charge is 2.22. The minimum atomic E-state index is 0.0967. The van der Waals surface area contributed by atoms with E-state index in [9.17, 15) is 4.79 Å². The molecule has 0 unspecified atom stereocenters. The fourth-order valence-corrected chi connectivity index (χ4v) is 2.78. The van der Waals surface area contributed by atoms with Gasteiger partial charge >= 0.3 is 0 Å². The first kappa shape index (κ1) is 14.7. The first-order valence-electron chi connectivity index (χ1n) is 7.66. The smallest absolute Gasteiger partial charge is 0.244 e. The van der Waals surface area contributed by atoms with Crippen LogP contribution in [0.3, 0.4) is 0 Å². The van der Waals surface area contributed by atoms with E-state index in [-0.39, 0.29) is 12.5 Å². The number of hydrogen-bond acceptors (Lipinski definition) is 4. The molecular formula is C16H21N5O. The molecule has 1 amide bonds. The van der Waals surface area contributed by atoms with Gasteiger partial charge in [0.15, 0.2) is 0 Å². The highest BCUT2D eigenvalue weighted by Crippen LogP contribution is 2.13. The third-order valence-electron chi connectivity index (χ3n) is 3.95. The van der Waals surface area contributed by atoms with Crippen molar-refractivity contribution in [1.29, 1.82) is 0 Å². The molecule has 3 rings (SSSR count). The van der Waals surface area contributed by atoms with E-state index in [1.807, 2.05) is 35.5 Å². The summed E-state index contributed by atoms with van der Waals surface area (Å²) in [6, 6.07) is 5.75. The van der Waals surface area contributed by atoms with E-state index < -0.39 is 0 Å². The molecule has 1 saturated heterocycles. The summed E-state index contributed by atoms with van der Waals surface area (Å²) in [6.07, 6.45) is 8.21. The Balaban J connectivity index is 1.68. The van der Waals surface area contributed by atoms with Crippen LogP contribution in [0.25, 0.3) is 0 Å². The van der Waals surface area contributed by atoms with Crippen molar-refractivity contribution in [3.05, 3.63) is 48.5 Å². The number of carbonyl (C=O) groups is 1. The molecule has 1 aliphatic heterocycles. The molecule has 0 radical (unpaired) electrons. The Hall–Kier alpha value is -2.21. The van der Waals surface area contributed by atoms with Crippen molar-refractivity contribution >= 4 is 5.91 Å². The first-order chi connectivity index (χ1) is 10.8. The predicted octanol–water partition coefficient (Wildman–Crippen LogP) is 0.916. The predicted molar refractivity (Wildman–Crippen MR) is 82.9 cm³/mol. The second-order valence-electron chi connectivity index (χ2n) is 5.70. The SMILES string of the molecule is O=C(Cn1cccn1)N(Cc1cccnc1)C[C@@H]1CCNC1. The number of nitrogens with zero attached hydrogens (tertiary/aromatic N) is 4. The van der Waals surface area contributed by atoms with Gasteiger partial charge in [-0.25, -0.2) is 0 Å². The Labute approximate surface area is 130 Å². The van der Waals surface area contributed by atoms with Crippen molar-refractivity contribution in [2.75, 3.05) is 19.6 Å². The maximum Gasteiger partial charge on any atom is 0.244 e. The van der Waals surface area contributed by atoms with Crippen LogP contribution in [-0.4, -0.2) is 45.2 Å². The molecule has 2 aromatic heterocycles. The van der Waals surface area contributed by atoms with Gasteiger partial charge in [-0.15, -0.1) is 0 Å². The maximum atomic E-state index is 12.6. The maximum absolute atomic E-state index is 12.6. The molecule has 0 saturated carbocycles. The van der Waals surface area contributed by atoms with Gasteiger partial charge in [0.2, 0.25) is 5.91 Å². The van der Waals surface area contributed by atoms with Crippen molar-refractivity contribution < 1.29 is 4.79 Å². The molecule has 0 aromatic carbocycles. The van der Waals surface area contributed by atoms with Gasteiger partial charge in [0.1, 0.15) is 6.54 Å². The average molecular weight is 299 g/mol. The Morgan fingerprint density at radius 3 is 3.05 bits per heavy atom. The molecule has 3 heterocycles. The van der Waals surface area contributed by atoms with Crippen molar-refractivity contribution in [3.63, 3.8) is 0 Å². The molecule has 0 aliphatic carbocycles. The van der Waals surface area contributed by atoms with Crippen LogP contribution in [0.1, 0.15) is 12.0 Å². The number of rotatable bonds is 6. The molecule has 2 aromatic rings. The lowest BCUT2D eigenvalue weighted by Crippen LogP contribution is -2.37. The minimum Gasteiger partial charge on any atom is -0.336 e. The van der Waals surface area contributed by atoms with Crippen molar-refractivity contribution in [2.24, 2.45) is 5.92 Å². The zero-order chi connectivity index (χ0) is 15.2. The van der Waals surface area contributed by atoms with Gasteiger partial charge < -0.3 is 10.2 Å². The van der Waals surface area contributed by atoms with Gasteiger partial charge in [0, 0.05) is 37.9 Å². The summed E-state index contributed by atoms with van der Waals surface area (Å²) in [7, 11) is 0. The Morgan fingerprint density at radius 2 is 2.36 bits per heavy atom. The third-order valence-corrected chi connectivity index (χ3v) is 3.95. The quantitative estimate of drug-likeness (QED) is 0.861. The van der Waals surface area contributed by atoms with Crippen LogP contribution in [0.5, 0.6) is 0 Å². The topological polar surface area (TPSA) is 63.1 Å². The van der Waals surface area contributed by atoms with E-state index in [1.54, 1.807) is 17.1 Å². The van der Waals surface area contributed by atoms with E-state index >= 15 is 0 Å². The lowest BCUT2D eigenvalue weighted by Gasteiger charge is -2.25. The highest BCUT2D eigenvalue weighted by atomic mass is 16.2. The second kappa shape index (κ2) is 7.17. The third kappa shape index (κ3) is 3.92. The molecule has 116 valence electrons. The summed E-state index contributed by atoms with van der Waals surface area (Å²) < 4.78 is 1.67. The molecule has 1 aliphatic rings. The first-order valence-corrected chi connectivity index (χ1v) is 7.66. The van der Waals surface area contributed by atoms with Crippen LogP contribution in [0.15, 0.2) is 43.0 Å². The van der Waals surface area contributed by atoms with E-state index in [2.05, 4.69) is 15.4 Å². The monoisotopic (exact) mass is 299 g/mol. The molecule has 1 atom stereocenters. The summed E-state index contributed by atoms with van der Waals surface area (Å²) >= 11 is 0. The lowest BCUT2D eigenvalue weighted by atomic mass is 10.1. The molecular weight excluding hydrogens is 278 g/mol. The second-order valence-corrected chi connectivity index (χ2v) is 5.70. The van der Waals surface area contributed by atoms with Gasteiger partial charge in [-0.1, -0.05) is 6.07 Å². The van der Waals surface area contributed by atoms with Crippen LogP contribution in [0.4, 0.5) is 0 Å². The van der Waals surface area contributed by atoms with Gasteiger partial charge in [0.05, 0.1) is 0 Å². The van der Waals surface area contributed by atoms with E-state index in [4.69, 9.17) is 0 Å². The standard InChI is InChI=1S/C16H21N5O/c22-16(13-21-8-2-6-19-21)20(12-15-4-7-18-10-15)11-14-3-1-5-17-9-14/h1-3,5-6,8-9,15,18H,4,7,10-13H2/t15-/m1/s1. The summed E-state index contributed by atoms with van der Waals surface area (Å²) in [5.41, 5.74) is 1.06. The van der Waals surface area contributed by atoms with Crippen LogP contribution in [0.2, 0.25) is 0 Å². The van der Waals surface area contributed by atoms with Crippen LogP contribution in [-0.2, 0) is 17.9 Å². The fourth-order valence-electron chi connectivity index (χ4n) is 2.78. The normalized spacial score (nSPS) is 17.5. The molecule has 0 spiro atoms. The number of nitrogens with one attached hydrogen (secondary N) is 1. The Bertz CT molecular complexity index is 578. The largest absolute Gasteiger partial charge is 0.336 e. The molecule has 1 fully saturated rings. The summed E-state index contributed by atoms with van der Waals surface area (Å²) in [5.74, 6) is 0.623. The Morgan fingerprint density at radius 1 is 1.41 bits per heavy atom. The van der Waals surface area contributed by atoms with E-state index in [0.717, 1.165) is 31.6 Å². The molecule has 6 heteroatoms. The highest BCUT2D eigenvalue weighted by molar-refractivity contribution is 5.75. The van der Waals surface area contributed by atoms with Gasteiger partial charge in [-0.05, 0) is 43.1 Å². The zero-order valence-corrected chi connectivity index (χ0v) is 12.6. The fraction of sp³-hybridized carbons (Fsp3) is 0.438. The number of carbonyl (C=O) groups excluding carboxylic acids is 1. The van der Waals surface area contributed by atoms with Crippen molar-refractivity contribution in [3.8, 4) is 0 Å². The van der Waals surface area contributed by atoms with Crippen LogP contribution < -0.4 is 5.32 Å². The summed E-state index contributed by atoms with van der Waals surface area (Å²) in [6.45, 7) is 3.69. The minimum absolute atomic E-state index is 0.0967. The van der Waals surface area contributed by atoms with Gasteiger partial charge in [-0.3, -0.25) is 14.5 Å². The lowest BCUT2D eigenvalue weighted by molar-refractivity contribution is -0.133. The van der Waals surface area contributed by atoms with E-state index in [0.29, 0.717) is 12.5 Å². The number of hydrogen-bond donors (Lipinski definition) is 1. The Kier molecular flexibility index (Phi) is 4.80. The van der Waals surface area contributed by atoms with Gasteiger partial charge in [0.25, 0.3) is 0 Å². The van der Waals surface area contributed by atoms with Gasteiger partial charge in [-0.2, -0.15) is 5.10 Å². The number of aromatic nitrogens is 3. The van der Waals surface area contributed by atoms with Crippen LogP contribution >= 0.6 is 0 Å². The molecule has 6 nitrogen and oxygen atoms in total. The van der Waals surface area contributed by atoms with Crippen molar-refractivity contribution in [2.45, 2.75) is 19.5 Å². The zero-order valence-electron chi connectivity index (χ0n) is 12.6. The molecule has 22 heavy (non-hydrogen) atoms. The van der Waals surface area contributed by atoms with E-state index in [1.165, 1.54) is 0 Å². The number of pyridine rings is 1. The van der Waals surface area contributed by atoms with Crippen LogP contribution in [0, 0.1) is 5.92 Å². The average Bonchev–Trinajstić information content (AvgIpc) is 3.21. The summed E-state index contributed by atoms with van der Waals surface area (Å²) in [5, 5.41) is 7.48.